The van der Waals surface area contributed by atoms with Crippen molar-refractivity contribution in [3.63, 3.8) is 0 Å². The fourth-order valence-corrected chi connectivity index (χ4v) is 6.72. The van der Waals surface area contributed by atoms with Crippen LogP contribution in [0.15, 0.2) is 49.1 Å². The van der Waals surface area contributed by atoms with Crippen LogP contribution in [0.5, 0.6) is 0 Å². The molecule has 4 rings (SSSR count). The predicted molar refractivity (Wildman–Crippen MR) is 182 cm³/mol. The lowest BCUT2D eigenvalue weighted by atomic mass is 9.57. The Kier molecular flexibility index (Phi) is 10.1. The molecule has 13 nitrogen and oxygen atoms in total. The van der Waals surface area contributed by atoms with Gasteiger partial charge >= 0.3 is 11.8 Å². The monoisotopic (exact) mass is 631 g/mol. The molecule has 5 N–H and O–H groups in total. The molecule has 46 heavy (non-hydrogen) atoms. The van der Waals surface area contributed by atoms with Crippen molar-refractivity contribution in [2.75, 3.05) is 36.0 Å². The lowest BCUT2D eigenvalue weighted by molar-refractivity contribution is -0.384. The van der Waals surface area contributed by atoms with E-state index in [-0.39, 0.29) is 17.9 Å². The average molecular weight is 632 g/mol. The number of carboxylic acid groups (broad SMARTS) is 1. The highest BCUT2D eigenvalue weighted by molar-refractivity contribution is 5.94. The van der Waals surface area contributed by atoms with Crippen LogP contribution < -0.4 is 16.4 Å². The zero-order chi connectivity index (χ0) is 33.7. The molecule has 4 aromatic heterocycles. The van der Waals surface area contributed by atoms with Crippen molar-refractivity contribution in [1.29, 1.82) is 0 Å². The second-order valence-corrected chi connectivity index (χ2v) is 13.4. The molecular weight excluding hydrogens is 586 g/mol. The van der Waals surface area contributed by atoms with Gasteiger partial charge in [-0.05, 0) is 48.9 Å². The Hall–Kier alpha value is -4.81. The number of pyridine rings is 4. The van der Waals surface area contributed by atoms with Crippen LogP contribution in [0.4, 0.5) is 27.5 Å². The van der Waals surface area contributed by atoms with Crippen molar-refractivity contribution in [3.05, 3.63) is 59.2 Å². The van der Waals surface area contributed by atoms with Gasteiger partial charge in [-0.2, -0.15) is 0 Å². The number of nitrogens with two attached hydrogens (primary N) is 1. The van der Waals surface area contributed by atoms with Crippen LogP contribution in [0, 0.1) is 20.9 Å². The van der Waals surface area contributed by atoms with Crippen molar-refractivity contribution in [2.24, 2.45) is 10.8 Å². The van der Waals surface area contributed by atoms with E-state index >= 15 is 0 Å². The molecule has 246 valence electrons. The van der Waals surface area contributed by atoms with Crippen LogP contribution in [0.1, 0.15) is 67.2 Å². The van der Waals surface area contributed by atoms with E-state index in [1.807, 2.05) is 26.0 Å². The molecule has 0 spiro atoms. The Labute approximate surface area is 269 Å². The molecule has 1 unspecified atom stereocenters. The smallest absolute Gasteiger partial charge is 0.407 e. The first-order chi connectivity index (χ1) is 21.7. The number of hydrogen-bond acceptors (Lipinski definition) is 10. The molecule has 0 aliphatic rings. The maximum absolute atomic E-state index is 12.6. The molecule has 1 amide bonds. The highest BCUT2D eigenvalue weighted by Crippen LogP contribution is 2.51. The molecule has 0 aliphatic carbocycles. The zero-order valence-electron chi connectivity index (χ0n) is 27.5. The van der Waals surface area contributed by atoms with Crippen LogP contribution in [0.25, 0.3) is 22.1 Å². The van der Waals surface area contributed by atoms with Gasteiger partial charge in [-0.15, -0.1) is 0 Å². The van der Waals surface area contributed by atoms with Crippen molar-refractivity contribution < 1.29 is 14.8 Å². The first-order valence-corrected chi connectivity index (χ1v) is 15.6. The van der Waals surface area contributed by atoms with Gasteiger partial charge in [0, 0.05) is 43.0 Å². The summed E-state index contributed by atoms with van der Waals surface area (Å²) in [4.78, 5) is 43.3. The number of nitrogens with zero attached hydrogens (tertiary/aromatic N) is 6. The number of aromatic nitrogens is 4. The van der Waals surface area contributed by atoms with Gasteiger partial charge in [0.2, 0.25) is 0 Å². The summed E-state index contributed by atoms with van der Waals surface area (Å²) in [5.41, 5.74) is 7.93. The second kappa shape index (κ2) is 13.7. The van der Waals surface area contributed by atoms with Crippen LogP contribution in [-0.2, 0) is 0 Å². The van der Waals surface area contributed by atoms with Gasteiger partial charge in [0.05, 0.1) is 33.5 Å². The van der Waals surface area contributed by atoms with Gasteiger partial charge in [-0.1, -0.05) is 48.0 Å². The summed E-state index contributed by atoms with van der Waals surface area (Å²) in [7, 11) is 0. The molecule has 0 aliphatic heterocycles. The lowest BCUT2D eigenvalue weighted by Gasteiger charge is -2.57. The van der Waals surface area contributed by atoms with E-state index < -0.39 is 27.4 Å². The summed E-state index contributed by atoms with van der Waals surface area (Å²) < 4.78 is 0. The molecule has 1 atom stereocenters. The Bertz CT molecular complexity index is 1710. The molecule has 4 aromatic rings. The summed E-state index contributed by atoms with van der Waals surface area (Å²) >= 11 is 0. The third kappa shape index (κ3) is 6.87. The first-order valence-electron chi connectivity index (χ1n) is 15.6. The summed E-state index contributed by atoms with van der Waals surface area (Å²) in [6.07, 6.45) is 7.82. The molecule has 0 saturated heterocycles. The van der Waals surface area contributed by atoms with Crippen LogP contribution in [-0.4, -0.2) is 66.1 Å². The Balaban J connectivity index is 1.57. The van der Waals surface area contributed by atoms with Gasteiger partial charge in [0.1, 0.15) is 22.9 Å². The zero-order valence-corrected chi connectivity index (χ0v) is 27.5. The molecule has 13 heteroatoms. The minimum absolute atomic E-state index is 0.174. The van der Waals surface area contributed by atoms with E-state index in [2.05, 4.69) is 58.3 Å². The van der Waals surface area contributed by atoms with E-state index in [0.29, 0.717) is 54.6 Å². The molecule has 0 aromatic carbocycles. The van der Waals surface area contributed by atoms with Gasteiger partial charge in [0.25, 0.3) is 0 Å². The van der Waals surface area contributed by atoms with Gasteiger partial charge in [-0.25, -0.2) is 9.78 Å². The highest BCUT2D eigenvalue weighted by atomic mass is 16.6. The van der Waals surface area contributed by atoms with Gasteiger partial charge in [-0.3, -0.25) is 25.1 Å². The molecule has 0 radical (unpaired) electrons. The van der Waals surface area contributed by atoms with Crippen LogP contribution >= 0.6 is 0 Å². The number of carbonyl (C=O) groups is 1. The van der Waals surface area contributed by atoms with Gasteiger partial charge in [0.15, 0.2) is 0 Å². The van der Waals surface area contributed by atoms with E-state index in [4.69, 9.17) is 5.73 Å². The average Bonchev–Trinajstić information content (AvgIpc) is 3.00. The normalized spacial score (nSPS) is 13.3. The fraction of sp³-hybridized carbons (Fsp3) is 0.485. The third-order valence-electron chi connectivity index (χ3n) is 8.87. The van der Waals surface area contributed by atoms with Crippen LogP contribution in [0.2, 0.25) is 0 Å². The number of anilines is 3. The van der Waals surface area contributed by atoms with E-state index in [9.17, 15) is 20.0 Å². The molecular formula is C33H45N9O4. The van der Waals surface area contributed by atoms with E-state index in [0.717, 1.165) is 17.6 Å². The SMILES string of the molecule is CCCC(Nc1c([N+](=O)[O-])cnc2cccnc12)(C(C)(C)C)C(C)(C)CN(CCCCNc1c(N)cnc2cccnc12)C(=O)O. The van der Waals surface area contributed by atoms with Crippen molar-refractivity contribution in [3.8, 4) is 0 Å². The maximum atomic E-state index is 12.6. The lowest BCUT2D eigenvalue weighted by Crippen LogP contribution is -2.63. The number of nitrogen functional groups attached to an aromatic ring is 1. The number of hydrogen-bond donors (Lipinski definition) is 4. The minimum atomic E-state index is -1.02. The summed E-state index contributed by atoms with van der Waals surface area (Å²) in [5, 5.41) is 29.5. The van der Waals surface area contributed by atoms with E-state index in [1.165, 1.54) is 11.1 Å². The first kappa shape index (κ1) is 34.1. The van der Waals surface area contributed by atoms with Crippen molar-refractivity contribution in [1.82, 2.24) is 24.8 Å². The Morgan fingerprint density at radius 3 is 2.15 bits per heavy atom. The summed E-state index contributed by atoms with van der Waals surface area (Å²) in [5.74, 6) is 0. The molecule has 0 bridgehead atoms. The second-order valence-electron chi connectivity index (χ2n) is 13.4. The number of unbranched alkanes of at least 4 members (excludes halogenated alkanes) is 1. The summed E-state index contributed by atoms with van der Waals surface area (Å²) in [6, 6.07) is 7.20. The predicted octanol–water partition coefficient (Wildman–Crippen LogP) is 6.96. The van der Waals surface area contributed by atoms with Gasteiger partial charge < -0.3 is 26.4 Å². The minimum Gasteiger partial charge on any atom is -0.465 e. The largest absolute Gasteiger partial charge is 0.465 e. The third-order valence-corrected chi connectivity index (χ3v) is 8.87. The number of fused-ring (bicyclic) bond motifs is 2. The number of nitrogens with one attached hydrogen (secondary N) is 2. The maximum Gasteiger partial charge on any atom is 0.407 e. The van der Waals surface area contributed by atoms with Crippen molar-refractivity contribution in [2.45, 2.75) is 72.8 Å². The number of nitro groups is 1. The van der Waals surface area contributed by atoms with Crippen molar-refractivity contribution >= 4 is 50.9 Å². The Morgan fingerprint density at radius 1 is 0.978 bits per heavy atom. The van der Waals surface area contributed by atoms with E-state index in [1.54, 1.807) is 30.7 Å². The summed E-state index contributed by atoms with van der Waals surface area (Å²) in [6.45, 7) is 13.5. The quantitative estimate of drug-likeness (QED) is 0.0640. The number of rotatable bonds is 14. The topological polar surface area (TPSA) is 185 Å². The van der Waals surface area contributed by atoms with Crippen LogP contribution in [0.3, 0.4) is 0 Å². The molecule has 0 saturated carbocycles. The number of amides is 1. The Morgan fingerprint density at radius 2 is 1.59 bits per heavy atom. The molecule has 0 fully saturated rings. The fourth-order valence-electron chi connectivity index (χ4n) is 6.72. The highest BCUT2D eigenvalue weighted by Gasteiger charge is 2.54. The molecule has 4 heterocycles. The standard InChI is InChI=1S/C33H45N9O4/c1-7-14-33(31(2,3)4,40-29-25(42(45)46)20-39-24-13-11-17-37-28(24)29)32(5,6)21-41(30(43)44)18-9-8-15-35-26-22(34)19-38-23-12-10-16-36-27(23)26/h10-13,16-17,19-20H,7-9,14-15,18,21,34H2,1-6H3,(H,35,38)(H,39,40)(H,43,44).